The maximum absolute atomic E-state index is 12.5. The predicted octanol–water partition coefficient (Wildman–Crippen LogP) is 4.09. The summed E-state index contributed by atoms with van der Waals surface area (Å²) in [6.45, 7) is 8.85. The van der Waals surface area contributed by atoms with Crippen LogP contribution in [-0.4, -0.2) is 43.0 Å². The molecule has 1 aliphatic rings. The third kappa shape index (κ3) is 5.31. The van der Waals surface area contributed by atoms with Crippen molar-refractivity contribution in [3.05, 3.63) is 21.9 Å². The Balaban J connectivity index is 2.20. The molecular formula is C20H29NO5S. The van der Waals surface area contributed by atoms with E-state index in [9.17, 15) is 14.4 Å². The number of amides is 1. The first kappa shape index (κ1) is 21.4. The Bertz CT molecular complexity index is 691. The van der Waals surface area contributed by atoms with E-state index >= 15 is 0 Å². The molecule has 1 amide bonds. The fourth-order valence-electron chi connectivity index (χ4n) is 3.30. The molecule has 0 aromatic carbocycles. The van der Waals surface area contributed by atoms with E-state index in [0.717, 1.165) is 4.88 Å². The van der Waals surface area contributed by atoms with Crippen LogP contribution in [0, 0.1) is 5.92 Å². The first-order valence-electron chi connectivity index (χ1n) is 9.30. The average Bonchev–Trinajstić information content (AvgIpc) is 3.11. The second-order valence-corrected chi connectivity index (χ2v) is 8.92. The van der Waals surface area contributed by atoms with E-state index in [2.05, 4.69) is 26.8 Å². The molecule has 0 aliphatic carbocycles. The van der Waals surface area contributed by atoms with Crippen molar-refractivity contribution in [2.24, 2.45) is 5.92 Å². The van der Waals surface area contributed by atoms with Gasteiger partial charge in [0.1, 0.15) is 12.2 Å². The number of carbonyl (C=O) groups excluding carboxylic acids is 3. The monoisotopic (exact) mass is 395 g/mol. The van der Waals surface area contributed by atoms with Crippen LogP contribution in [-0.2, 0) is 24.5 Å². The van der Waals surface area contributed by atoms with Crippen molar-refractivity contribution < 1.29 is 23.9 Å². The van der Waals surface area contributed by atoms with Gasteiger partial charge >= 0.3 is 12.1 Å². The Morgan fingerprint density at radius 1 is 1.26 bits per heavy atom. The standard InChI is InChI=1S/C20H29NO5S/c1-6-26-18(23)12-15(22)13-9-10-21(19(24)25-5)14(11-13)16-7-8-17(27-16)20(2,3)4/h7-8,13-14H,6,9-12H2,1-5H3/t13-,14+/m0/s1. The minimum atomic E-state index is -0.486. The Labute approximate surface area is 164 Å². The lowest BCUT2D eigenvalue weighted by Crippen LogP contribution is -2.42. The lowest BCUT2D eigenvalue weighted by atomic mass is 9.86. The largest absolute Gasteiger partial charge is 0.466 e. The number of ether oxygens (including phenoxy) is 2. The Morgan fingerprint density at radius 3 is 2.52 bits per heavy atom. The fourth-order valence-corrected chi connectivity index (χ4v) is 4.49. The van der Waals surface area contributed by atoms with Gasteiger partial charge in [0.25, 0.3) is 0 Å². The number of hydrogen-bond acceptors (Lipinski definition) is 6. The molecule has 0 spiro atoms. The fraction of sp³-hybridized carbons (Fsp3) is 0.650. The Kier molecular flexibility index (Phi) is 7.03. The van der Waals surface area contributed by atoms with Crippen LogP contribution in [0.2, 0.25) is 0 Å². The molecule has 0 saturated carbocycles. The zero-order valence-electron chi connectivity index (χ0n) is 16.7. The molecule has 0 unspecified atom stereocenters. The highest BCUT2D eigenvalue weighted by Gasteiger charge is 2.37. The summed E-state index contributed by atoms with van der Waals surface area (Å²) >= 11 is 1.66. The maximum atomic E-state index is 12.5. The first-order chi connectivity index (χ1) is 12.7. The van der Waals surface area contributed by atoms with Crippen molar-refractivity contribution in [2.45, 2.75) is 58.4 Å². The number of likely N-dealkylation sites (tertiary alicyclic amines) is 1. The van der Waals surface area contributed by atoms with Crippen LogP contribution in [0.1, 0.15) is 62.8 Å². The summed E-state index contributed by atoms with van der Waals surface area (Å²) in [6.07, 6.45) is 0.432. The van der Waals surface area contributed by atoms with Gasteiger partial charge in [0.2, 0.25) is 0 Å². The summed E-state index contributed by atoms with van der Waals surface area (Å²) in [5, 5.41) is 0. The average molecular weight is 396 g/mol. The van der Waals surface area contributed by atoms with Crippen molar-refractivity contribution >= 4 is 29.2 Å². The van der Waals surface area contributed by atoms with Crippen LogP contribution in [0.4, 0.5) is 4.79 Å². The van der Waals surface area contributed by atoms with Crippen LogP contribution in [0.5, 0.6) is 0 Å². The van der Waals surface area contributed by atoms with Gasteiger partial charge in [-0.25, -0.2) is 4.79 Å². The molecule has 150 valence electrons. The number of nitrogens with zero attached hydrogens (tertiary/aromatic N) is 1. The summed E-state index contributed by atoms with van der Waals surface area (Å²) in [5.74, 6) is -0.864. The van der Waals surface area contributed by atoms with Crippen molar-refractivity contribution in [2.75, 3.05) is 20.3 Å². The number of thiophene rings is 1. The lowest BCUT2D eigenvalue weighted by molar-refractivity contribution is -0.146. The van der Waals surface area contributed by atoms with E-state index in [-0.39, 0.29) is 42.3 Å². The van der Waals surface area contributed by atoms with Gasteiger partial charge in [-0.15, -0.1) is 11.3 Å². The summed E-state index contributed by atoms with van der Waals surface area (Å²) in [5.41, 5.74) is 0.0206. The second-order valence-electron chi connectivity index (χ2n) is 7.80. The molecule has 2 heterocycles. The molecule has 1 aliphatic heterocycles. The highest BCUT2D eigenvalue weighted by Crippen LogP contribution is 2.40. The van der Waals surface area contributed by atoms with Gasteiger partial charge in [-0.1, -0.05) is 20.8 Å². The topological polar surface area (TPSA) is 72.9 Å². The molecule has 2 atom stereocenters. The van der Waals surface area contributed by atoms with E-state index in [0.29, 0.717) is 19.4 Å². The number of carbonyl (C=O) groups is 3. The van der Waals surface area contributed by atoms with Gasteiger partial charge in [0.05, 0.1) is 19.8 Å². The number of esters is 1. The van der Waals surface area contributed by atoms with E-state index < -0.39 is 5.97 Å². The van der Waals surface area contributed by atoms with Crippen molar-refractivity contribution in [1.82, 2.24) is 4.90 Å². The first-order valence-corrected chi connectivity index (χ1v) is 10.1. The molecule has 0 radical (unpaired) electrons. The molecule has 6 nitrogen and oxygen atoms in total. The molecular weight excluding hydrogens is 366 g/mol. The highest BCUT2D eigenvalue weighted by molar-refractivity contribution is 7.12. The summed E-state index contributed by atoms with van der Waals surface area (Å²) in [6, 6.07) is 3.90. The molecule has 1 fully saturated rings. The van der Waals surface area contributed by atoms with Crippen LogP contribution >= 0.6 is 11.3 Å². The third-order valence-corrected chi connectivity index (χ3v) is 6.40. The zero-order valence-corrected chi connectivity index (χ0v) is 17.6. The summed E-state index contributed by atoms with van der Waals surface area (Å²) in [4.78, 5) is 40.4. The van der Waals surface area contributed by atoms with Crippen LogP contribution in [0.25, 0.3) is 0 Å². The third-order valence-electron chi connectivity index (χ3n) is 4.79. The van der Waals surface area contributed by atoms with Crippen LogP contribution in [0.3, 0.4) is 0 Å². The van der Waals surface area contributed by atoms with Crippen LogP contribution in [0.15, 0.2) is 12.1 Å². The zero-order chi connectivity index (χ0) is 20.2. The van der Waals surface area contributed by atoms with Gasteiger partial charge in [-0.2, -0.15) is 0 Å². The molecule has 7 heteroatoms. The molecule has 2 rings (SSSR count). The van der Waals surface area contributed by atoms with E-state index in [1.165, 1.54) is 12.0 Å². The Hall–Kier alpha value is -1.89. The van der Waals surface area contributed by atoms with Crippen molar-refractivity contribution in [1.29, 1.82) is 0 Å². The number of Topliss-reactive ketones (excluding diaryl/α,β-unsaturated/α-hetero) is 1. The minimum absolute atomic E-state index is 0.0206. The van der Waals surface area contributed by atoms with E-state index in [1.807, 2.05) is 6.07 Å². The van der Waals surface area contributed by atoms with Gasteiger partial charge in [0.15, 0.2) is 0 Å². The van der Waals surface area contributed by atoms with Crippen LogP contribution < -0.4 is 0 Å². The van der Waals surface area contributed by atoms with Crippen molar-refractivity contribution in [3.63, 3.8) is 0 Å². The molecule has 1 aromatic heterocycles. The molecule has 0 N–H and O–H groups in total. The SMILES string of the molecule is CCOC(=O)CC(=O)[C@H]1CCN(C(=O)OC)[C@@H](c2ccc(C(C)(C)C)s2)C1. The predicted molar refractivity (Wildman–Crippen MR) is 104 cm³/mol. The van der Waals surface area contributed by atoms with Crippen molar-refractivity contribution in [3.8, 4) is 0 Å². The molecule has 1 saturated heterocycles. The van der Waals surface area contributed by atoms with E-state index in [4.69, 9.17) is 9.47 Å². The van der Waals surface area contributed by atoms with Gasteiger partial charge in [-0.05, 0) is 37.3 Å². The number of rotatable bonds is 5. The second kappa shape index (κ2) is 8.87. The minimum Gasteiger partial charge on any atom is -0.466 e. The number of ketones is 1. The number of hydrogen-bond donors (Lipinski definition) is 0. The highest BCUT2D eigenvalue weighted by atomic mass is 32.1. The van der Waals surface area contributed by atoms with Gasteiger partial charge in [-0.3, -0.25) is 9.59 Å². The number of methoxy groups -OCH3 is 1. The lowest BCUT2D eigenvalue weighted by Gasteiger charge is -2.37. The molecule has 0 bridgehead atoms. The van der Waals surface area contributed by atoms with Gasteiger partial charge < -0.3 is 14.4 Å². The Morgan fingerprint density at radius 2 is 1.96 bits per heavy atom. The molecule has 1 aromatic rings. The summed E-state index contributed by atoms with van der Waals surface area (Å²) in [7, 11) is 1.37. The quantitative estimate of drug-likeness (QED) is 0.555. The van der Waals surface area contributed by atoms with Gasteiger partial charge in [0, 0.05) is 22.2 Å². The normalized spacial score (nSPS) is 20.3. The number of piperidine rings is 1. The molecule has 27 heavy (non-hydrogen) atoms. The van der Waals surface area contributed by atoms with E-state index in [1.54, 1.807) is 23.2 Å². The maximum Gasteiger partial charge on any atom is 0.410 e. The smallest absolute Gasteiger partial charge is 0.410 e. The summed E-state index contributed by atoms with van der Waals surface area (Å²) < 4.78 is 9.83.